The van der Waals surface area contributed by atoms with Crippen LogP contribution in [0, 0.1) is 6.92 Å². The lowest BCUT2D eigenvalue weighted by Crippen LogP contribution is -2.29. The van der Waals surface area contributed by atoms with E-state index in [0.717, 1.165) is 16.0 Å². The molecule has 4 nitrogen and oxygen atoms in total. The van der Waals surface area contributed by atoms with Crippen LogP contribution in [0.3, 0.4) is 0 Å². The summed E-state index contributed by atoms with van der Waals surface area (Å²) < 4.78 is 0. The highest BCUT2D eigenvalue weighted by atomic mass is 35.5. The molecule has 0 saturated carbocycles. The fourth-order valence-electron chi connectivity index (χ4n) is 2.45. The van der Waals surface area contributed by atoms with Crippen LogP contribution in [0.25, 0.3) is 0 Å². The summed E-state index contributed by atoms with van der Waals surface area (Å²) in [5.74, 6) is -1.03. The Morgan fingerprint density at radius 2 is 1.90 bits per heavy atom. The fraction of sp³-hybridized carbons (Fsp3) is 0.125. The second-order valence-electron chi connectivity index (χ2n) is 4.98. The lowest BCUT2D eigenvalue weighted by Gasteiger charge is -2.14. The molecule has 106 valence electrons. The van der Waals surface area contributed by atoms with Gasteiger partial charge in [0.05, 0.1) is 17.7 Å². The van der Waals surface area contributed by atoms with E-state index in [1.165, 1.54) is 6.07 Å². The molecule has 0 saturated heterocycles. The Hall–Kier alpha value is -2.33. The highest BCUT2D eigenvalue weighted by Gasteiger charge is 2.37. The van der Waals surface area contributed by atoms with E-state index in [4.69, 9.17) is 11.6 Å². The van der Waals surface area contributed by atoms with Gasteiger partial charge in [-0.15, -0.1) is 0 Å². The Morgan fingerprint density at radius 3 is 2.57 bits per heavy atom. The molecule has 1 heterocycles. The summed E-state index contributed by atoms with van der Waals surface area (Å²) in [6, 6.07) is 9.85. The molecule has 0 aromatic heterocycles. The van der Waals surface area contributed by atoms with Gasteiger partial charge in [0.1, 0.15) is 5.75 Å². The summed E-state index contributed by atoms with van der Waals surface area (Å²) in [6.07, 6.45) is 0. The molecule has 0 spiro atoms. The molecule has 2 aromatic carbocycles. The third kappa shape index (κ3) is 2.17. The zero-order valence-corrected chi connectivity index (χ0v) is 12.0. The van der Waals surface area contributed by atoms with E-state index < -0.39 is 11.8 Å². The zero-order chi connectivity index (χ0) is 15.1. The van der Waals surface area contributed by atoms with Crippen LogP contribution in [-0.4, -0.2) is 21.8 Å². The monoisotopic (exact) mass is 301 g/mol. The lowest BCUT2D eigenvalue weighted by atomic mass is 10.1. The van der Waals surface area contributed by atoms with Crippen molar-refractivity contribution in [2.45, 2.75) is 13.5 Å². The van der Waals surface area contributed by atoms with Crippen molar-refractivity contribution in [1.82, 2.24) is 4.90 Å². The number of amides is 2. The van der Waals surface area contributed by atoms with E-state index in [2.05, 4.69) is 0 Å². The van der Waals surface area contributed by atoms with Crippen LogP contribution < -0.4 is 0 Å². The minimum atomic E-state index is -0.472. The Labute approximate surface area is 126 Å². The van der Waals surface area contributed by atoms with Crippen LogP contribution in [0.5, 0.6) is 5.75 Å². The molecule has 2 aromatic rings. The molecule has 0 unspecified atom stereocenters. The largest absolute Gasteiger partial charge is 0.507 e. The summed E-state index contributed by atoms with van der Waals surface area (Å²) in [5, 5.41) is 10.4. The number of phenolic OH excluding ortho intramolecular Hbond substituents is 1. The number of halogens is 1. The topological polar surface area (TPSA) is 57.6 Å². The number of hydrogen-bond donors (Lipinski definition) is 1. The van der Waals surface area contributed by atoms with Crippen LogP contribution in [0.15, 0.2) is 36.4 Å². The van der Waals surface area contributed by atoms with Gasteiger partial charge in [-0.1, -0.05) is 29.8 Å². The zero-order valence-electron chi connectivity index (χ0n) is 11.3. The molecule has 1 aliphatic rings. The summed E-state index contributed by atoms with van der Waals surface area (Å²) >= 11 is 5.97. The molecular weight excluding hydrogens is 290 g/mol. The standard InChI is InChI=1S/C16H12ClNO3/c1-9-7-10(5-6-12(9)17)8-18-15(20)11-3-2-4-13(19)14(11)16(18)21/h2-7,19H,8H2,1H3. The highest BCUT2D eigenvalue weighted by molar-refractivity contribution is 6.31. The van der Waals surface area contributed by atoms with Gasteiger partial charge in [0, 0.05) is 5.02 Å². The minimum Gasteiger partial charge on any atom is -0.507 e. The molecule has 0 radical (unpaired) electrons. The number of aryl methyl sites for hydroxylation is 1. The van der Waals surface area contributed by atoms with E-state index in [0.29, 0.717) is 5.02 Å². The van der Waals surface area contributed by atoms with Gasteiger partial charge >= 0.3 is 0 Å². The van der Waals surface area contributed by atoms with Crippen LogP contribution in [0.1, 0.15) is 31.8 Å². The first kappa shape index (κ1) is 13.6. The lowest BCUT2D eigenvalue weighted by molar-refractivity contribution is 0.0641. The number of aromatic hydroxyl groups is 1. The molecule has 3 rings (SSSR count). The van der Waals surface area contributed by atoms with E-state index in [1.54, 1.807) is 24.3 Å². The second kappa shape index (κ2) is 4.90. The average Bonchev–Trinajstić information content (AvgIpc) is 2.69. The number of carbonyl (C=O) groups excluding carboxylic acids is 2. The molecule has 0 bridgehead atoms. The van der Waals surface area contributed by atoms with E-state index in [-0.39, 0.29) is 23.4 Å². The van der Waals surface area contributed by atoms with Gasteiger partial charge in [-0.2, -0.15) is 0 Å². The minimum absolute atomic E-state index is 0.0770. The average molecular weight is 302 g/mol. The number of hydrogen-bond acceptors (Lipinski definition) is 3. The van der Waals surface area contributed by atoms with Gasteiger partial charge in [0.15, 0.2) is 0 Å². The highest BCUT2D eigenvalue weighted by Crippen LogP contribution is 2.31. The predicted octanol–water partition coefficient (Wildman–Crippen LogP) is 3.15. The molecule has 1 N–H and O–H groups in total. The van der Waals surface area contributed by atoms with Gasteiger partial charge in [0.25, 0.3) is 11.8 Å². The first-order valence-electron chi connectivity index (χ1n) is 6.42. The number of phenols is 1. The van der Waals surface area contributed by atoms with Gasteiger partial charge < -0.3 is 5.11 Å². The third-order valence-electron chi connectivity index (χ3n) is 3.54. The number of nitrogens with zero attached hydrogens (tertiary/aromatic N) is 1. The second-order valence-corrected chi connectivity index (χ2v) is 5.39. The molecule has 0 aliphatic carbocycles. The van der Waals surface area contributed by atoms with Crippen LogP contribution in [0.4, 0.5) is 0 Å². The molecule has 1 aliphatic heterocycles. The van der Waals surface area contributed by atoms with Gasteiger partial charge in [0.2, 0.25) is 0 Å². The quantitative estimate of drug-likeness (QED) is 0.867. The van der Waals surface area contributed by atoms with Crippen molar-refractivity contribution in [3.63, 3.8) is 0 Å². The Bertz CT molecular complexity index is 770. The Balaban J connectivity index is 1.95. The van der Waals surface area contributed by atoms with Crippen molar-refractivity contribution >= 4 is 23.4 Å². The van der Waals surface area contributed by atoms with Crippen molar-refractivity contribution in [3.05, 3.63) is 63.7 Å². The smallest absolute Gasteiger partial charge is 0.265 e. The Kier molecular flexibility index (Phi) is 3.18. The normalized spacial score (nSPS) is 13.7. The summed E-state index contributed by atoms with van der Waals surface area (Å²) in [6.45, 7) is 2.02. The molecule has 0 fully saturated rings. The van der Waals surface area contributed by atoms with Crippen molar-refractivity contribution in [2.75, 3.05) is 0 Å². The number of benzene rings is 2. The number of imide groups is 1. The maximum atomic E-state index is 12.3. The first-order chi connectivity index (χ1) is 9.99. The van der Waals surface area contributed by atoms with E-state index in [9.17, 15) is 14.7 Å². The summed E-state index contributed by atoms with van der Waals surface area (Å²) in [4.78, 5) is 25.7. The van der Waals surface area contributed by atoms with Gasteiger partial charge in [-0.05, 0) is 36.2 Å². The Morgan fingerprint density at radius 1 is 1.14 bits per heavy atom. The molecular formula is C16H12ClNO3. The van der Waals surface area contributed by atoms with Gasteiger partial charge in [-0.3, -0.25) is 14.5 Å². The maximum absolute atomic E-state index is 12.3. The van der Waals surface area contributed by atoms with Crippen molar-refractivity contribution in [3.8, 4) is 5.75 Å². The predicted molar refractivity (Wildman–Crippen MR) is 78.5 cm³/mol. The summed E-state index contributed by atoms with van der Waals surface area (Å²) in [7, 11) is 0. The van der Waals surface area contributed by atoms with Gasteiger partial charge in [-0.25, -0.2) is 0 Å². The fourth-order valence-corrected chi connectivity index (χ4v) is 2.56. The van der Waals surface area contributed by atoms with Crippen molar-refractivity contribution in [2.24, 2.45) is 0 Å². The summed E-state index contributed by atoms with van der Waals surface area (Å²) in [5.41, 5.74) is 2.01. The van der Waals surface area contributed by atoms with Crippen molar-refractivity contribution in [1.29, 1.82) is 0 Å². The van der Waals surface area contributed by atoms with Crippen LogP contribution in [-0.2, 0) is 6.54 Å². The molecule has 21 heavy (non-hydrogen) atoms. The van der Waals surface area contributed by atoms with E-state index in [1.807, 2.05) is 13.0 Å². The first-order valence-corrected chi connectivity index (χ1v) is 6.80. The number of rotatable bonds is 2. The van der Waals surface area contributed by atoms with Crippen LogP contribution in [0.2, 0.25) is 5.02 Å². The molecule has 2 amide bonds. The SMILES string of the molecule is Cc1cc(CN2C(=O)c3cccc(O)c3C2=O)ccc1Cl. The third-order valence-corrected chi connectivity index (χ3v) is 3.96. The number of fused-ring (bicyclic) bond motifs is 1. The van der Waals surface area contributed by atoms with Crippen LogP contribution >= 0.6 is 11.6 Å². The molecule has 0 atom stereocenters. The maximum Gasteiger partial charge on any atom is 0.265 e. The molecule has 5 heteroatoms. The number of carbonyl (C=O) groups is 2. The van der Waals surface area contributed by atoms with E-state index >= 15 is 0 Å². The van der Waals surface area contributed by atoms with Crippen molar-refractivity contribution < 1.29 is 14.7 Å².